The highest BCUT2D eigenvalue weighted by Crippen LogP contribution is 2.40. The second kappa shape index (κ2) is 11.0. The number of hydrogen-bond donors (Lipinski definition) is 0. The first-order valence-electron chi connectivity index (χ1n) is 7.51. The second-order valence-corrected chi connectivity index (χ2v) is 4.65. The third-order valence-electron chi connectivity index (χ3n) is 2.76. The summed E-state index contributed by atoms with van der Waals surface area (Å²) in [6.07, 6.45) is 2.89. The molecule has 2 rings (SSSR count). The zero-order chi connectivity index (χ0) is 15.5. The third-order valence-corrected chi connectivity index (χ3v) is 3.19. The molecule has 0 saturated heterocycles. The summed E-state index contributed by atoms with van der Waals surface area (Å²) in [6.45, 7) is 8.52. The van der Waals surface area contributed by atoms with Gasteiger partial charge in [0.2, 0.25) is 0 Å². The van der Waals surface area contributed by atoms with Gasteiger partial charge in [0.05, 0.1) is 11.1 Å². The summed E-state index contributed by atoms with van der Waals surface area (Å²) in [5.41, 5.74) is 1.34. The SMILES string of the molecule is CC.CC.COCCC(Cl)c1nc(C2CC2)ccc1F. The standard InChI is InChI=1S/C12H15ClFNO.2C2H6/c1-16-7-6-9(13)12-10(14)4-5-11(15-12)8-2-3-8;2*1-2/h4-5,8-9H,2-3,6-7H2,1H3;2*1-2H3. The summed E-state index contributed by atoms with van der Waals surface area (Å²) in [5, 5.41) is -0.404. The van der Waals surface area contributed by atoms with Crippen LogP contribution in [-0.4, -0.2) is 18.7 Å². The molecule has 1 heterocycles. The fraction of sp³-hybridized carbons (Fsp3) is 0.688. The van der Waals surface area contributed by atoms with Gasteiger partial charge in [-0.3, -0.25) is 4.98 Å². The number of ether oxygens (including phenoxy) is 1. The van der Waals surface area contributed by atoms with Crippen LogP contribution in [0.4, 0.5) is 4.39 Å². The molecule has 0 N–H and O–H groups in total. The highest BCUT2D eigenvalue weighted by atomic mass is 35.5. The number of aromatic nitrogens is 1. The van der Waals surface area contributed by atoms with Crippen molar-refractivity contribution in [2.45, 2.75) is 58.3 Å². The Morgan fingerprint density at radius 3 is 2.40 bits per heavy atom. The molecule has 1 aliphatic carbocycles. The van der Waals surface area contributed by atoms with Crippen molar-refractivity contribution in [3.63, 3.8) is 0 Å². The first-order chi connectivity index (χ1) is 9.72. The summed E-state index contributed by atoms with van der Waals surface area (Å²) in [4.78, 5) is 4.32. The molecule has 1 fully saturated rings. The van der Waals surface area contributed by atoms with Crippen molar-refractivity contribution in [3.8, 4) is 0 Å². The predicted molar refractivity (Wildman–Crippen MR) is 84.0 cm³/mol. The van der Waals surface area contributed by atoms with Crippen LogP contribution in [0, 0.1) is 5.82 Å². The minimum absolute atomic E-state index is 0.319. The van der Waals surface area contributed by atoms with E-state index in [0.717, 1.165) is 18.5 Å². The topological polar surface area (TPSA) is 22.1 Å². The first-order valence-corrected chi connectivity index (χ1v) is 7.95. The van der Waals surface area contributed by atoms with E-state index in [4.69, 9.17) is 16.3 Å². The van der Waals surface area contributed by atoms with E-state index < -0.39 is 5.38 Å². The number of rotatable bonds is 5. The van der Waals surface area contributed by atoms with Gasteiger partial charge in [0.15, 0.2) is 0 Å². The lowest BCUT2D eigenvalue weighted by Crippen LogP contribution is -2.04. The highest BCUT2D eigenvalue weighted by molar-refractivity contribution is 6.20. The number of halogens is 2. The molecule has 1 aliphatic rings. The lowest BCUT2D eigenvalue weighted by molar-refractivity contribution is 0.193. The van der Waals surface area contributed by atoms with Gasteiger partial charge < -0.3 is 4.74 Å². The number of pyridine rings is 1. The molecule has 1 aromatic heterocycles. The number of alkyl halides is 1. The molecule has 0 radical (unpaired) electrons. The van der Waals surface area contributed by atoms with E-state index in [2.05, 4.69) is 4.98 Å². The van der Waals surface area contributed by atoms with E-state index in [0.29, 0.717) is 24.6 Å². The molecule has 0 bridgehead atoms. The van der Waals surface area contributed by atoms with Crippen molar-refractivity contribution in [2.24, 2.45) is 0 Å². The average molecular weight is 304 g/mol. The number of methoxy groups -OCH3 is 1. The smallest absolute Gasteiger partial charge is 0.146 e. The van der Waals surface area contributed by atoms with E-state index in [9.17, 15) is 4.39 Å². The highest BCUT2D eigenvalue weighted by Gasteiger charge is 2.26. The van der Waals surface area contributed by atoms with Crippen molar-refractivity contribution in [3.05, 3.63) is 29.3 Å². The van der Waals surface area contributed by atoms with Crippen LogP contribution in [0.5, 0.6) is 0 Å². The summed E-state index contributed by atoms with van der Waals surface area (Å²) in [6, 6.07) is 3.23. The summed E-state index contributed by atoms with van der Waals surface area (Å²) >= 11 is 6.10. The zero-order valence-corrected chi connectivity index (χ0v) is 14.0. The van der Waals surface area contributed by atoms with E-state index in [-0.39, 0.29) is 5.82 Å². The number of nitrogens with zero attached hydrogens (tertiary/aromatic N) is 1. The van der Waals surface area contributed by atoms with Crippen molar-refractivity contribution < 1.29 is 9.13 Å². The largest absolute Gasteiger partial charge is 0.385 e. The maximum absolute atomic E-state index is 13.5. The Morgan fingerprint density at radius 2 is 1.90 bits per heavy atom. The Kier molecular flexibility index (Phi) is 10.7. The maximum Gasteiger partial charge on any atom is 0.146 e. The van der Waals surface area contributed by atoms with Gasteiger partial charge in [-0.1, -0.05) is 27.7 Å². The number of hydrogen-bond acceptors (Lipinski definition) is 2. The van der Waals surface area contributed by atoms with Gasteiger partial charge in [-0.25, -0.2) is 4.39 Å². The van der Waals surface area contributed by atoms with Crippen molar-refractivity contribution >= 4 is 11.6 Å². The Hall–Kier alpha value is -0.670. The maximum atomic E-state index is 13.5. The molecule has 1 aromatic rings. The minimum Gasteiger partial charge on any atom is -0.385 e. The van der Waals surface area contributed by atoms with E-state index >= 15 is 0 Å². The molecule has 0 aliphatic heterocycles. The lowest BCUT2D eigenvalue weighted by atomic mass is 10.1. The quantitative estimate of drug-likeness (QED) is 0.673. The van der Waals surface area contributed by atoms with E-state index in [1.54, 1.807) is 13.2 Å². The van der Waals surface area contributed by atoms with Gasteiger partial charge in [0.1, 0.15) is 5.82 Å². The van der Waals surface area contributed by atoms with Gasteiger partial charge in [0.25, 0.3) is 0 Å². The van der Waals surface area contributed by atoms with Crippen LogP contribution >= 0.6 is 11.6 Å². The molecule has 1 unspecified atom stereocenters. The van der Waals surface area contributed by atoms with Crippen LogP contribution in [0.2, 0.25) is 0 Å². The molecule has 0 aromatic carbocycles. The van der Waals surface area contributed by atoms with Crippen LogP contribution in [-0.2, 0) is 4.74 Å². The van der Waals surface area contributed by atoms with E-state index in [1.165, 1.54) is 6.07 Å². The molecule has 2 nitrogen and oxygen atoms in total. The molecular weight excluding hydrogens is 277 g/mol. The molecular formula is C16H27ClFNO. The first kappa shape index (κ1) is 19.3. The molecule has 1 saturated carbocycles. The molecule has 4 heteroatoms. The van der Waals surface area contributed by atoms with Gasteiger partial charge in [-0.15, -0.1) is 11.6 Å². The van der Waals surface area contributed by atoms with Gasteiger partial charge in [-0.2, -0.15) is 0 Å². The monoisotopic (exact) mass is 303 g/mol. The zero-order valence-electron chi connectivity index (χ0n) is 13.2. The van der Waals surface area contributed by atoms with Crippen LogP contribution in [0.15, 0.2) is 12.1 Å². The molecule has 0 spiro atoms. The van der Waals surface area contributed by atoms with Gasteiger partial charge >= 0.3 is 0 Å². The third kappa shape index (κ3) is 6.19. The Balaban J connectivity index is 0.000000829. The normalized spacial score (nSPS) is 14.6. The summed E-state index contributed by atoms with van der Waals surface area (Å²) in [7, 11) is 1.61. The Bertz CT molecular complexity index is 369. The molecule has 1 atom stereocenters. The minimum atomic E-state index is -0.404. The Labute approximate surface area is 127 Å². The second-order valence-electron chi connectivity index (χ2n) is 4.13. The van der Waals surface area contributed by atoms with E-state index in [1.807, 2.05) is 27.7 Å². The van der Waals surface area contributed by atoms with Crippen molar-refractivity contribution in [2.75, 3.05) is 13.7 Å². The molecule has 116 valence electrons. The molecule has 0 amide bonds. The summed E-state index contributed by atoms with van der Waals surface area (Å²) < 4.78 is 18.5. The van der Waals surface area contributed by atoms with Crippen molar-refractivity contribution in [1.29, 1.82) is 0 Å². The predicted octanol–water partition coefficient (Wildman–Crippen LogP) is 5.47. The Morgan fingerprint density at radius 1 is 1.30 bits per heavy atom. The van der Waals surface area contributed by atoms with Gasteiger partial charge in [0, 0.05) is 25.3 Å². The summed E-state index contributed by atoms with van der Waals surface area (Å²) in [5.74, 6) is 0.200. The fourth-order valence-corrected chi connectivity index (χ4v) is 1.90. The van der Waals surface area contributed by atoms with Crippen LogP contribution in [0.25, 0.3) is 0 Å². The average Bonchev–Trinajstić information content (AvgIpc) is 3.34. The van der Waals surface area contributed by atoms with Crippen LogP contribution in [0.1, 0.15) is 69.6 Å². The van der Waals surface area contributed by atoms with Gasteiger partial charge in [-0.05, 0) is 31.4 Å². The van der Waals surface area contributed by atoms with Crippen molar-refractivity contribution in [1.82, 2.24) is 4.98 Å². The van der Waals surface area contributed by atoms with Crippen LogP contribution < -0.4 is 0 Å². The lowest BCUT2D eigenvalue weighted by Gasteiger charge is -2.10. The van der Waals surface area contributed by atoms with Crippen LogP contribution in [0.3, 0.4) is 0 Å². The fourth-order valence-electron chi connectivity index (χ4n) is 1.66. The molecule has 20 heavy (non-hydrogen) atoms.